The molecule has 1 N–H and O–H groups in total. The molecular weight excluding hydrogens is 232 g/mol. The van der Waals surface area contributed by atoms with Crippen molar-refractivity contribution in [3.8, 4) is 0 Å². The third-order valence-electron chi connectivity index (χ3n) is 3.04. The number of likely N-dealkylation sites (N-methyl/N-ethyl adjacent to an activating group) is 1. The summed E-state index contributed by atoms with van der Waals surface area (Å²) in [7, 11) is 0. The number of hydrogen-bond donors (Lipinski definition) is 1. The molecule has 0 aromatic heterocycles. The summed E-state index contributed by atoms with van der Waals surface area (Å²) in [6.45, 7) is 12.2. The van der Waals surface area contributed by atoms with E-state index < -0.39 is 0 Å². The van der Waals surface area contributed by atoms with Gasteiger partial charge in [0, 0.05) is 24.4 Å². The Balaban J connectivity index is 2.39. The van der Waals surface area contributed by atoms with Crippen LogP contribution >= 0.6 is 11.8 Å². The zero-order valence-electron chi connectivity index (χ0n) is 11.2. The molecule has 0 unspecified atom stereocenters. The number of urea groups is 1. The van der Waals surface area contributed by atoms with Crippen LogP contribution in [0.15, 0.2) is 12.2 Å². The van der Waals surface area contributed by atoms with Gasteiger partial charge in [-0.1, -0.05) is 12.2 Å². The fourth-order valence-electron chi connectivity index (χ4n) is 2.00. The molecule has 2 amide bonds. The average Bonchev–Trinajstić information content (AvgIpc) is 2.70. The molecule has 0 bridgehead atoms. The predicted octanol–water partition coefficient (Wildman–Crippen LogP) is 2.88. The molecule has 17 heavy (non-hydrogen) atoms. The third-order valence-corrected chi connectivity index (χ3v) is 4.58. The van der Waals surface area contributed by atoms with Gasteiger partial charge in [-0.2, -0.15) is 11.8 Å². The van der Waals surface area contributed by atoms with Crippen LogP contribution in [0.5, 0.6) is 0 Å². The van der Waals surface area contributed by atoms with Crippen molar-refractivity contribution in [3.63, 3.8) is 0 Å². The Morgan fingerprint density at radius 1 is 1.59 bits per heavy atom. The van der Waals surface area contributed by atoms with E-state index in [1.807, 2.05) is 25.6 Å². The Bertz CT molecular complexity index is 285. The van der Waals surface area contributed by atoms with Crippen molar-refractivity contribution < 1.29 is 4.79 Å². The van der Waals surface area contributed by atoms with Crippen LogP contribution < -0.4 is 5.32 Å². The molecule has 98 valence electrons. The van der Waals surface area contributed by atoms with Crippen LogP contribution in [0.25, 0.3) is 0 Å². The molecule has 3 nitrogen and oxygen atoms in total. The quantitative estimate of drug-likeness (QED) is 0.767. The lowest BCUT2D eigenvalue weighted by Gasteiger charge is -2.26. The van der Waals surface area contributed by atoms with Gasteiger partial charge in [0.25, 0.3) is 0 Å². The van der Waals surface area contributed by atoms with Gasteiger partial charge in [0.1, 0.15) is 0 Å². The van der Waals surface area contributed by atoms with E-state index >= 15 is 0 Å². The highest BCUT2D eigenvalue weighted by Crippen LogP contribution is 2.36. The van der Waals surface area contributed by atoms with Crippen LogP contribution in [-0.2, 0) is 0 Å². The van der Waals surface area contributed by atoms with Gasteiger partial charge in [-0.05, 0) is 39.4 Å². The Labute approximate surface area is 109 Å². The first-order chi connectivity index (χ1) is 7.97. The summed E-state index contributed by atoms with van der Waals surface area (Å²) in [4.78, 5) is 13.8. The monoisotopic (exact) mass is 256 g/mol. The van der Waals surface area contributed by atoms with Crippen molar-refractivity contribution in [1.29, 1.82) is 0 Å². The Morgan fingerprint density at radius 2 is 2.29 bits per heavy atom. The first kappa shape index (κ1) is 14.4. The minimum Gasteiger partial charge on any atom is -0.337 e. The number of thioether (sulfide) groups is 1. The number of nitrogens with one attached hydrogen (secondary N) is 1. The van der Waals surface area contributed by atoms with Gasteiger partial charge >= 0.3 is 6.03 Å². The summed E-state index contributed by atoms with van der Waals surface area (Å²) in [6, 6.07) is 0.0317. The molecule has 0 aromatic carbocycles. The summed E-state index contributed by atoms with van der Waals surface area (Å²) >= 11 is 1.97. The van der Waals surface area contributed by atoms with E-state index in [4.69, 9.17) is 0 Å². The molecule has 0 spiro atoms. The second kappa shape index (κ2) is 6.34. The lowest BCUT2D eigenvalue weighted by Crippen LogP contribution is -2.45. The maximum Gasteiger partial charge on any atom is 0.317 e. The first-order valence-corrected chi connectivity index (χ1v) is 7.26. The lowest BCUT2D eigenvalue weighted by atomic mass is 10.1. The van der Waals surface area contributed by atoms with Gasteiger partial charge in [0.2, 0.25) is 0 Å². The molecule has 0 saturated carbocycles. The maximum atomic E-state index is 12.0. The number of rotatable bonds is 5. The molecule has 1 fully saturated rings. The Kier molecular flexibility index (Phi) is 5.37. The topological polar surface area (TPSA) is 32.3 Å². The number of carbonyl (C=O) groups is 1. The van der Waals surface area contributed by atoms with Crippen molar-refractivity contribution in [1.82, 2.24) is 10.2 Å². The standard InChI is InChI=1S/C13H24N2OS/c1-5-15(9-11(2)3)12(16)14-10-13(4)7-6-8-17-13/h2,5-10H2,1,3-4H3,(H,14,16)/t13-/m0/s1. The van der Waals surface area contributed by atoms with Gasteiger partial charge < -0.3 is 10.2 Å². The van der Waals surface area contributed by atoms with E-state index in [-0.39, 0.29) is 10.8 Å². The fraction of sp³-hybridized carbons (Fsp3) is 0.769. The van der Waals surface area contributed by atoms with Crippen LogP contribution in [0.1, 0.15) is 33.6 Å². The van der Waals surface area contributed by atoms with Crippen LogP contribution in [0.3, 0.4) is 0 Å². The smallest absolute Gasteiger partial charge is 0.317 e. The third kappa shape index (κ3) is 4.62. The van der Waals surface area contributed by atoms with Crippen molar-refractivity contribution in [2.24, 2.45) is 0 Å². The molecular formula is C13H24N2OS. The molecule has 1 atom stereocenters. The molecule has 1 aliphatic rings. The predicted molar refractivity (Wildman–Crippen MR) is 75.6 cm³/mol. The van der Waals surface area contributed by atoms with Crippen LogP contribution in [-0.4, -0.2) is 41.1 Å². The normalized spacial score (nSPS) is 23.5. The highest BCUT2D eigenvalue weighted by atomic mass is 32.2. The number of carbonyl (C=O) groups excluding carboxylic acids is 1. The van der Waals surface area contributed by atoms with E-state index in [2.05, 4.69) is 18.8 Å². The lowest BCUT2D eigenvalue weighted by molar-refractivity contribution is 0.203. The van der Waals surface area contributed by atoms with Crippen molar-refractivity contribution in [2.75, 3.05) is 25.4 Å². The van der Waals surface area contributed by atoms with Gasteiger partial charge in [-0.15, -0.1) is 0 Å². The number of hydrogen-bond acceptors (Lipinski definition) is 2. The van der Waals surface area contributed by atoms with E-state index in [1.165, 1.54) is 18.6 Å². The van der Waals surface area contributed by atoms with Crippen molar-refractivity contribution in [3.05, 3.63) is 12.2 Å². The summed E-state index contributed by atoms with van der Waals surface area (Å²) in [5, 5.41) is 3.05. The van der Waals surface area contributed by atoms with Crippen LogP contribution in [0.4, 0.5) is 4.79 Å². The molecule has 1 heterocycles. The molecule has 1 saturated heterocycles. The molecule has 1 rings (SSSR count). The molecule has 0 aliphatic carbocycles. The molecule has 0 radical (unpaired) electrons. The zero-order chi connectivity index (χ0) is 12.9. The van der Waals surface area contributed by atoms with Crippen LogP contribution in [0.2, 0.25) is 0 Å². The largest absolute Gasteiger partial charge is 0.337 e. The van der Waals surface area contributed by atoms with E-state index in [0.717, 1.165) is 18.7 Å². The van der Waals surface area contributed by atoms with Gasteiger partial charge in [-0.25, -0.2) is 4.79 Å². The van der Waals surface area contributed by atoms with E-state index in [1.54, 1.807) is 4.90 Å². The van der Waals surface area contributed by atoms with Crippen molar-refractivity contribution >= 4 is 17.8 Å². The molecule has 4 heteroatoms. The van der Waals surface area contributed by atoms with Gasteiger partial charge in [0.15, 0.2) is 0 Å². The minimum atomic E-state index is 0.0317. The number of nitrogens with zero attached hydrogens (tertiary/aromatic N) is 1. The second-order valence-corrected chi connectivity index (χ2v) is 6.71. The summed E-state index contributed by atoms with van der Waals surface area (Å²) < 4.78 is 0.234. The highest BCUT2D eigenvalue weighted by Gasteiger charge is 2.30. The van der Waals surface area contributed by atoms with E-state index in [0.29, 0.717) is 6.54 Å². The first-order valence-electron chi connectivity index (χ1n) is 6.28. The minimum absolute atomic E-state index is 0.0317. The SMILES string of the molecule is C=C(C)CN(CC)C(=O)NC[C@]1(C)CCCS1. The molecule has 0 aromatic rings. The average molecular weight is 256 g/mol. The van der Waals surface area contributed by atoms with E-state index in [9.17, 15) is 4.79 Å². The number of amides is 2. The summed E-state index contributed by atoms with van der Waals surface area (Å²) in [5.41, 5.74) is 1.02. The maximum absolute atomic E-state index is 12.0. The Morgan fingerprint density at radius 3 is 2.76 bits per heavy atom. The Hall–Kier alpha value is -0.640. The summed E-state index contributed by atoms with van der Waals surface area (Å²) in [5.74, 6) is 1.22. The second-order valence-electron chi connectivity index (χ2n) is 5.03. The van der Waals surface area contributed by atoms with Gasteiger partial charge in [0.05, 0.1) is 0 Å². The zero-order valence-corrected chi connectivity index (χ0v) is 12.0. The molecule has 1 aliphatic heterocycles. The summed E-state index contributed by atoms with van der Waals surface area (Å²) in [6.07, 6.45) is 2.46. The fourth-order valence-corrected chi connectivity index (χ4v) is 3.25. The van der Waals surface area contributed by atoms with Crippen molar-refractivity contribution in [2.45, 2.75) is 38.4 Å². The highest BCUT2D eigenvalue weighted by molar-refractivity contribution is 8.00. The van der Waals surface area contributed by atoms with Gasteiger partial charge in [-0.3, -0.25) is 0 Å². The van der Waals surface area contributed by atoms with Crippen LogP contribution in [0, 0.1) is 0 Å².